The molecule has 1 amide bonds. The van der Waals surface area contributed by atoms with Crippen LogP contribution in [0, 0.1) is 0 Å². The molecule has 1 aromatic heterocycles. The first-order valence-electron chi connectivity index (χ1n) is 4.35. The molecule has 0 atom stereocenters. The van der Waals surface area contributed by atoms with Crippen LogP contribution in [0.4, 0.5) is 8.78 Å². The molecule has 1 rings (SSSR count). The van der Waals surface area contributed by atoms with Gasteiger partial charge in [0.25, 0.3) is 11.5 Å². The van der Waals surface area contributed by atoms with E-state index in [9.17, 15) is 18.4 Å². The Kier molecular flexibility index (Phi) is 3.54. The largest absolute Gasteiger partial charge is 0.352 e. The standard InChI is InChI=1S/C9H10F2N2O2/c1-2-12-7(14)6-4-3-5-13(8(6)15)9(10)11/h3-5,9H,2H2,1H3,(H,12,14). The summed E-state index contributed by atoms with van der Waals surface area (Å²) < 4.78 is 24.8. The molecule has 0 radical (unpaired) electrons. The normalized spacial score (nSPS) is 10.4. The molecular formula is C9H10F2N2O2. The minimum absolute atomic E-state index is 0.213. The number of carbonyl (C=O) groups excluding carboxylic acids is 1. The average molecular weight is 216 g/mol. The van der Waals surface area contributed by atoms with Gasteiger partial charge >= 0.3 is 6.55 Å². The van der Waals surface area contributed by atoms with Crippen molar-refractivity contribution in [3.8, 4) is 0 Å². The number of alkyl halides is 2. The van der Waals surface area contributed by atoms with Gasteiger partial charge in [0.1, 0.15) is 5.56 Å². The van der Waals surface area contributed by atoms with Crippen molar-refractivity contribution in [2.45, 2.75) is 13.5 Å². The second-order valence-electron chi connectivity index (χ2n) is 2.77. The van der Waals surface area contributed by atoms with Gasteiger partial charge in [-0.05, 0) is 19.1 Å². The van der Waals surface area contributed by atoms with E-state index in [1.165, 1.54) is 12.1 Å². The summed E-state index contributed by atoms with van der Waals surface area (Å²) in [5.41, 5.74) is -1.27. The van der Waals surface area contributed by atoms with Gasteiger partial charge in [0.05, 0.1) is 0 Å². The maximum Gasteiger partial charge on any atom is 0.321 e. The predicted molar refractivity (Wildman–Crippen MR) is 50.0 cm³/mol. The van der Waals surface area contributed by atoms with Gasteiger partial charge in [0, 0.05) is 12.7 Å². The van der Waals surface area contributed by atoms with E-state index in [4.69, 9.17) is 0 Å². The highest BCUT2D eigenvalue weighted by Crippen LogP contribution is 2.05. The highest BCUT2D eigenvalue weighted by molar-refractivity contribution is 5.93. The zero-order chi connectivity index (χ0) is 11.4. The van der Waals surface area contributed by atoms with Crippen LogP contribution < -0.4 is 10.9 Å². The molecule has 4 nitrogen and oxygen atoms in total. The van der Waals surface area contributed by atoms with Gasteiger partial charge in [-0.3, -0.25) is 14.2 Å². The second-order valence-corrected chi connectivity index (χ2v) is 2.77. The first kappa shape index (κ1) is 11.4. The summed E-state index contributed by atoms with van der Waals surface area (Å²) in [5.74, 6) is -0.641. The molecule has 0 aliphatic carbocycles. The SMILES string of the molecule is CCNC(=O)c1cccn(C(F)F)c1=O. The Hall–Kier alpha value is -1.72. The van der Waals surface area contributed by atoms with Crippen molar-refractivity contribution in [1.82, 2.24) is 9.88 Å². The molecule has 0 fully saturated rings. The van der Waals surface area contributed by atoms with Crippen LogP contribution >= 0.6 is 0 Å². The fourth-order valence-electron chi connectivity index (χ4n) is 1.09. The van der Waals surface area contributed by atoms with Gasteiger partial charge in [-0.25, -0.2) is 0 Å². The number of hydrogen-bond donors (Lipinski definition) is 1. The van der Waals surface area contributed by atoms with Gasteiger partial charge in [0.15, 0.2) is 0 Å². The van der Waals surface area contributed by atoms with Crippen LogP contribution in [0.15, 0.2) is 23.1 Å². The van der Waals surface area contributed by atoms with E-state index in [2.05, 4.69) is 5.32 Å². The van der Waals surface area contributed by atoms with Gasteiger partial charge < -0.3 is 5.32 Å². The molecule has 15 heavy (non-hydrogen) atoms. The molecule has 0 aliphatic rings. The van der Waals surface area contributed by atoms with Crippen LogP contribution in [0.3, 0.4) is 0 Å². The van der Waals surface area contributed by atoms with E-state index in [1.807, 2.05) is 0 Å². The Morgan fingerprint density at radius 3 is 2.80 bits per heavy atom. The maximum absolute atomic E-state index is 12.3. The van der Waals surface area contributed by atoms with Crippen molar-refractivity contribution in [2.24, 2.45) is 0 Å². The van der Waals surface area contributed by atoms with Crippen LogP contribution in [0.5, 0.6) is 0 Å². The zero-order valence-corrected chi connectivity index (χ0v) is 8.04. The van der Waals surface area contributed by atoms with E-state index in [-0.39, 0.29) is 10.1 Å². The molecule has 1 aromatic rings. The lowest BCUT2D eigenvalue weighted by Gasteiger charge is -2.06. The molecule has 0 bridgehead atoms. The van der Waals surface area contributed by atoms with Crippen molar-refractivity contribution in [1.29, 1.82) is 0 Å². The Morgan fingerprint density at radius 2 is 2.27 bits per heavy atom. The topological polar surface area (TPSA) is 51.1 Å². The van der Waals surface area contributed by atoms with Gasteiger partial charge in [0.2, 0.25) is 0 Å². The third-order valence-corrected chi connectivity index (χ3v) is 1.77. The highest BCUT2D eigenvalue weighted by atomic mass is 19.3. The van der Waals surface area contributed by atoms with E-state index in [0.717, 1.165) is 6.20 Å². The van der Waals surface area contributed by atoms with Crippen LogP contribution in [0.2, 0.25) is 0 Å². The van der Waals surface area contributed by atoms with Crippen molar-refractivity contribution in [3.05, 3.63) is 34.2 Å². The number of carbonyl (C=O) groups is 1. The smallest absolute Gasteiger partial charge is 0.321 e. The predicted octanol–water partition coefficient (Wildman–Crippen LogP) is 0.993. The average Bonchev–Trinajstić information content (AvgIpc) is 2.17. The van der Waals surface area contributed by atoms with Crippen molar-refractivity contribution in [3.63, 3.8) is 0 Å². The quantitative estimate of drug-likeness (QED) is 0.819. The lowest BCUT2D eigenvalue weighted by Crippen LogP contribution is -2.32. The molecule has 1 N–H and O–H groups in total. The van der Waals surface area contributed by atoms with Crippen LogP contribution in [-0.4, -0.2) is 17.0 Å². The number of pyridine rings is 1. The molecule has 0 aromatic carbocycles. The Morgan fingerprint density at radius 1 is 1.60 bits per heavy atom. The van der Waals surface area contributed by atoms with E-state index in [1.54, 1.807) is 6.92 Å². The third kappa shape index (κ3) is 2.39. The molecule has 0 saturated carbocycles. The number of rotatable bonds is 3. The number of nitrogens with one attached hydrogen (secondary N) is 1. The summed E-state index contributed by atoms with van der Waals surface area (Å²) in [5, 5.41) is 2.37. The molecule has 1 heterocycles. The highest BCUT2D eigenvalue weighted by Gasteiger charge is 2.14. The monoisotopic (exact) mass is 216 g/mol. The van der Waals surface area contributed by atoms with E-state index < -0.39 is 18.0 Å². The molecule has 0 aliphatic heterocycles. The number of halogens is 2. The summed E-state index contributed by atoms with van der Waals surface area (Å²) in [6.07, 6.45) is 0.940. The Bertz CT molecular complexity index is 415. The number of hydrogen-bond acceptors (Lipinski definition) is 2. The maximum atomic E-state index is 12.3. The van der Waals surface area contributed by atoms with Crippen LogP contribution in [0.1, 0.15) is 23.8 Å². The fraction of sp³-hybridized carbons (Fsp3) is 0.333. The molecule has 6 heteroatoms. The fourth-order valence-corrected chi connectivity index (χ4v) is 1.09. The second kappa shape index (κ2) is 4.68. The first-order chi connectivity index (χ1) is 7.07. The number of amides is 1. The number of nitrogens with zero attached hydrogens (tertiary/aromatic N) is 1. The van der Waals surface area contributed by atoms with Crippen LogP contribution in [-0.2, 0) is 0 Å². The minimum Gasteiger partial charge on any atom is -0.352 e. The van der Waals surface area contributed by atoms with Crippen molar-refractivity contribution in [2.75, 3.05) is 6.54 Å². The number of aromatic nitrogens is 1. The summed E-state index contributed by atoms with van der Waals surface area (Å²) in [6, 6.07) is 2.45. The lowest BCUT2D eigenvalue weighted by atomic mass is 10.2. The molecule has 0 unspecified atom stereocenters. The van der Waals surface area contributed by atoms with Crippen molar-refractivity contribution >= 4 is 5.91 Å². The Balaban J connectivity index is 3.16. The van der Waals surface area contributed by atoms with Gasteiger partial charge in [-0.15, -0.1) is 0 Å². The van der Waals surface area contributed by atoms with E-state index in [0.29, 0.717) is 6.54 Å². The van der Waals surface area contributed by atoms with Gasteiger partial charge in [-0.1, -0.05) is 0 Å². The van der Waals surface area contributed by atoms with Gasteiger partial charge in [-0.2, -0.15) is 8.78 Å². The summed E-state index contributed by atoms with van der Waals surface area (Å²) in [6.45, 7) is -0.930. The minimum atomic E-state index is -2.94. The molecule has 0 spiro atoms. The molecule has 0 saturated heterocycles. The first-order valence-corrected chi connectivity index (χ1v) is 4.35. The lowest BCUT2D eigenvalue weighted by molar-refractivity contribution is 0.0657. The zero-order valence-electron chi connectivity index (χ0n) is 8.04. The molecular weight excluding hydrogens is 206 g/mol. The Labute approximate surface area is 84.5 Å². The van der Waals surface area contributed by atoms with Crippen molar-refractivity contribution < 1.29 is 13.6 Å². The summed E-state index contributed by atoms with van der Waals surface area (Å²) in [7, 11) is 0. The molecule has 82 valence electrons. The summed E-state index contributed by atoms with van der Waals surface area (Å²) >= 11 is 0. The summed E-state index contributed by atoms with van der Waals surface area (Å²) in [4.78, 5) is 22.6. The third-order valence-electron chi connectivity index (χ3n) is 1.77. The van der Waals surface area contributed by atoms with Crippen LogP contribution in [0.25, 0.3) is 0 Å². The van der Waals surface area contributed by atoms with E-state index >= 15 is 0 Å².